The zero-order chi connectivity index (χ0) is 13.7. The van der Waals surface area contributed by atoms with Crippen LogP contribution >= 0.6 is 0 Å². The van der Waals surface area contributed by atoms with Crippen LogP contribution in [0.25, 0.3) is 0 Å². The molecule has 1 aliphatic carbocycles. The maximum Gasteiger partial charge on any atom is 0.410 e. The predicted octanol–water partition coefficient (Wildman–Crippen LogP) is 2.01. The van der Waals surface area contributed by atoms with Crippen LogP contribution in [0.3, 0.4) is 0 Å². The summed E-state index contributed by atoms with van der Waals surface area (Å²) in [5.41, 5.74) is -0.423. The van der Waals surface area contributed by atoms with Gasteiger partial charge in [0.15, 0.2) is 5.79 Å². The van der Waals surface area contributed by atoms with Gasteiger partial charge in [-0.15, -0.1) is 0 Å². The molecule has 19 heavy (non-hydrogen) atoms. The number of likely N-dealkylation sites (tertiary alicyclic amines) is 1. The van der Waals surface area contributed by atoms with Crippen LogP contribution in [0.15, 0.2) is 0 Å². The maximum absolute atomic E-state index is 12.0. The van der Waals surface area contributed by atoms with Crippen molar-refractivity contribution in [2.24, 2.45) is 11.8 Å². The molecule has 2 heterocycles. The molecule has 108 valence electrons. The first-order chi connectivity index (χ1) is 8.87. The second-order valence-electron chi connectivity index (χ2n) is 6.92. The van der Waals surface area contributed by atoms with Crippen LogP contribution in [0.2, 0.25) is 0 Å². The lowest BCUT2D eigenvalue weighted by Crippen LogP contribution is -2.37. The molecule has 0 N–H and O–H groups in total. The first-order valence-electron chi connectivity index (χ1n) is 7.13. The van der Waals surface area contributed by atoms with Gasteiger partial charge in [-0.2, -0.15) is 0 Å². The van der Waals surface area contributed by atoms with Crippen molar-refractivity contribution in [3.8, 4) is 0 Å². The van der Waals surface area contributed by atoms with Crippen LogP contribution < -0.4 is 0 Å². The Labute approximate surface area is 114 Å². The Hall–Kier alpha value is -0.810. The van der Waals surface area contributed by atoms with E-state index < -0.39 is 5.60 Å². The Balaban J connectivity index is 1.57. The summed E-state index contributed by atoms with van der Waals surface area (Å²) in [7, 11) is 0. The fraction of sp³-hybridized carbons (Fsp3) is 0.929. The summed E-state index contributed by atoms with van der Waals surface area (Å²) in [6.45, 7) is 8.65. The predicted molar refractivity (Wildman–Crippen MR) is 68.7 cm³/mol. The highest BCUT2D eigenvalue weighted by atomic mass is 16.7. The Morgan fingerprint density at radius 2 is 1.68 bits per heavy atom. The van der Waals surface area contributed by atoms with Gasteiger partial charge in [0.05, 0.1) is 13.2 Å². The fourth-order valence-corrected chi connectivity index (χ4v) is 3.49. The van der Waals surface area contributed by atoms with E-state index in [1.54, 1.807) is 0 Å². The minimum atomic E-state index is -0.423. The number of rotatable bonds is 0. The van der Waals surface area contributed by atoms with E-state index in [9.17, 15) is 4.79 Å². The van der Waals surface area contributed by atoms with Crippen LogP contribution in [0.5, 0.6) is 0 Å². The van der Waals surface area contributed by atoms with Gasteiger partial charge in [0.2, 0.25) is 0 Å². The molecule has 0 aromatic rings. The van der Waals surface area contributed by atoms with Gasteiger partial charge < -0.3 is 19.1 Å². The maximum atomic E-state index is 12.0. The molecule has 0 radical (unpaired) electrons. The molecule has 0 unspecified atom stereocenters. The second-order valence-corrected chi connectivity index (χ2v) is 6.92. The number of carbonyl (C=O) groups is 1. The van der Waals surface area contributed by atoms with Gasteiger partial charge in [-0.3, -0.25) is 0 Å². The highest BCUT2D eigenvalue weighted by Crippen LogP contribution is 2.48. The third-order valence-electron chi connectivity index (χ3n) is 4.19. The Morgan fingerprint density at radius 3 is 2.16 bits per heavy atom. The van der Waals surface area contributed by atoms with Crippen molar-refractivity contribution in [3.63, 3.8) is 0 Å². The van der Waals surface area contributed by atoms with Gasteiger partial charge in [-0.25, -0.2) is 4.79 Å². The lowest BCUT2D eigenvalue weighted by Gasteiger charge is -2.27. The minimum absolute atomic E-state index is 0.191. The molecule has 0 aromatic carbocycles. The molecule has 3 aliphatic rings. The SMILES string of the molecule is CC(C)(C)OC(=O)N1C[C@@H]2CC3(C[C@H]2C1)OCCO3. The van der Waals surface area contributed by atoms with Gasteiger partial charge >= 0.3 is 6.09 Å². The lowest BCUT2D eigenvalue weighted by atomic mass is 10.0. The van der Waals surface area contributed by atoms with E-state index in [1.807, 2.05) is 25.7 Å². The zero-order valence-electron chi connectivity index (χ0n) is 12.0. The molecular formula is C14H23NO4. The van der Waals surface area contributed by atoms with Crippen LogP contribution in [0.4, 0.5) is 4.79 Å². The average Bonchev–Trinajstić information content (AvgIpc) is 2.91. The quantitative estimate of drug-likeness (QED) is 0.675. The molecule has 1 amide bonds. The minimum Gasteiger partial charge on any atom is -0.444 e. The third kappa shape index (κ3) is 2.58. The van der Waals surface area contributed by atoms with Gasteiger partial charge in [-0.05, 0) is 32.6 Å². The topological polar surface area (TPSA) is 48.0 Å². The molecule has 5 heteroatoms. The molecule has 3 rings (SSSR count). The summed E-state index contributed by atoms with van der Waals surface area (Å²) >= 11 is 0. The zero-order valence-corrected chi connectivity index (χ0v) is 12.0. The molecule has 5 nitrogen and oxygen atoms in total. The highest BCUT2D eigenvalue weighted by Gasteiger charge is 2.53. The summed E-state index contributed by atoms with van der Waals surface area (Å²) in [6, 6.07) is 0. The van der Waals surface area contributed by atoms with E-state index in [2.05, 4.69) is 0 Å². The van der Waals surface area contributed by atoms with E-state index in [-0.39, 0.29) is 11.9 Å². The summed E-state index contributed by atoms with van der Waals surface area (Å²) < 4.78 is 16.9. The van der Waals surface area contributed by atoms with E-state index in [1.165, 1.54) is 0 Å². The van der Waals surface area contributed by atoms with E-state index >= 15 is 0 Å². The van der Waals surface area contributed by atoms with Crippen molar-refractivity contribution in [2.45, 2.75) is 45.0 Å². The number of ether oxygens (including phenoxy) is 3. The second kappa shape index (κ2) is 4.35. The number of nitrogens with zero attached hydrogens (tertiary/aromatic N) is 1. The monoisotopic (exact) mass is 269 g/mol. The molecule has 1 saturated carbocycles. The van der Waals surface area contributed by atoms with E-state index in [4.69, 9.17) is 14.2 Å². The van der Waals surface area contributed by atoms with Gasteiger partial charge in [0.25, 0.3) is 0 Å². The van der Waals surface area contributed by atoms with E-state index in [0.717, 1.165) is 25.9 Å². The smallest absolute Gasteiger partial charge is 0.410 e. The van der Waals surface area contributed by atoms with Crippen molar-refractivity contribution in [3.05, 3.63) is 0 Å². The standard InChI is InChI=1S/C14H23NO4/c1-13(2,3)19-12(16)15-8-10-6-14(7-11(10)9-15)17-4-5-18-14/h10-11H,4-9H2,1-3H3/t10-,11-/m0/s1. The van der Waals surface area contributed by atoms with Gasteiger partial charge in [0.1, 0.15) is 5.60 Å². The Bertz CT molecular complexity index is 354. The van der Waals surface area contributed by atoms with Crippen LogP contribution in [0, 0.1) is 11.8 Å². The Kier molecular flexibility index (Phi) is 3.02. The number of hydrogen-bond donors (Lipinski definition) is 0. The first-order valence-corrected chi connectivity index (χ1v) is 7.13. The summed E-state index contributed by atoms with van der Waals surface area (Å²) in [5.74, 6) is 0.645. The van der Waals surface area contributed by atoms with Crippen molar-refractivity contribution >= 4 is 6.09 Å². The number of hydrogen-bond acceptors (Lipinski definition) is 4. The average molecular weight is 269 g/mol. The van der Waals surface area contributed by atoms with Crippen molar-refractivity contribution in [1.82, 2.24) is 4.90 Å². The third-order valence-corrected chi connectivity index (χ3v) is 4.19. The van der Waals surface area contributed by atoms with Gasteiger partial charge in [-0.1, -0.05) is 0 Å². The molecule has 0 aromatic heterocycles. The largest absolute Gasteiger partial charge is 0.444 e. The molecule has 0 bridgehead atoms. The Morgan fingerprint density at radius 1 is 1.16 bits per heavy atom. The molecule has 1 spiro atoms. The first kappa shape index (κ1) is 13.2. The summed E-state index contributed by atoms with van der Waals surface area (Å²) in [4.78, 5) is 13.9. The van der Waals surface area contributed by atoms with Gasteiger partial charge in [0, 0.05) is 25.9 Å². The molecule has 2 aliphatic heterocycles. The van der Waals surface area contributed by atoms with Crippen LogP contribution in [-0.2, 0) is 14.2 Å². The molecule has 3 fully saturated rings. The van der Waals surface area contributed by atoms with Crippen LogP contribution in [-0.4, -0.2) is 48.7 Å². The molecule has 2 atom stereocenters. The number of carbonyl (C=O) groups excluding carboxylic acids is 1. The normalized spacial score (nSPS) is 32.9. The summed E-state index contributed by atoms with van der Waals surface area (Å²) in [5, 5.41) is 0. The molecular weight excluding hydrogens is 246 g/mol. The van der Waals surface area contributed by atoms with Crippen LogP contribution in [0.1, 0.15) is 33.6 Å². The van der Waals surface area contributed by atoms with E-state index in [0.29, 0.717) is 25.0 Å². The molecule has 2 saturated heterocycles. The lowest BCUT2D eigenvalue weighted by molar-refractivity contribution is -0.156. The van der Waals surface area contributed by atoms with Crippen molar-refractivity contribution < 1.29 is 19.0 Å². The number of amides is 1. The fourth-order valence-electron chi connectivity index (χ4n) is 3.49. The van der Waals surface area contributed by atoms with Crippen molar-refractivity contribution in [1.29, 1.82) is 0 Å². The summed E-state index contributed by atoms with van der Waals surface area (Å²) in [6.07, 6.45) is 1.64. The van der Waals surface area contributed by atoms with Crippen molar-refractivity contribution in [2.75, 3.05) is 26.3 Å². The highest BCUT2D eigenvalue weighted by molar-refractivity contribution is 5.68. The number of fused-ring (bicyclic) bond motifs is 1.